The SMILES string of the molecule is Nc1ccc(C(=O)Nc2ccccc2[N+](=O)[O-])cc1. The number of hydrogen-bond donors (Lipinski definition) is 2. The minimum Gasteiger partial charge on any atom is -0.399 e. The third-order valence-corrected chi connectivity index (χ3v) is 2.52. The van der Waals surface area contributed by atoms with Crippen LogP contribution in [0, 0.1) is 10.1 Å². The topological polar surface area (TPSA) is 98.3 Å². The van der Waals surface area contributed by atoms with Crippen LogP contribution in [0.1, 0.15) is 10.4 Å². The van der Waals surface area contributed by atoms with E-state index in [1.54, 1.807) is 30.3 Å². The van der Waals surface area contributed by atoms with Crippen molar-refractivity contribution in [3.63, 3.8) is 0 Å². The van der Waals surface area contributed by atoms with Gasteiger partial charge in [-0.2, -0.15) is 0 Å². The first-order chi connectivity index (χ1) is 9.08. The molecule has 0 spiro atoms. The second-order valence-electron chi connectivity index (χ2n) is 3.85. The van der Waals surface area contributed by atoms with E-state index in [0.717, 1.165) is 0 Å². The Balaban J connectivity index is 2.24. The molecule has 0 aliphatic rings. The molecule has 0 saturated carbocycles. The van der Waals surface area contributed by atoms with E-state index in [4.69, 9.17) is 5.73 Å². The van der Waals surface area contributed by atoms with Crippen molar-refractivity contribution in [3.8, 4) is 0 Å². The lowest BCUT2D eigenvalue weighted by atomic mass is 10.2. The van der Waals surface area contributed by atoms with Gasteiger partial charge in [-0.05, 0) is 30.3 Å². The molecule has 1 amide bonds. The van der Waals surface area contributed by atoms with Crippen molar-refractivity contribution >= 4 is 23.0 Å². The quantitative estimate of drug-likeness (QED) is 0.501. The summed E-state index contributed by atoms with van der Waals surface area (Å²) in [5, 5.41) is 13.3. The maximum absolute atomic E-state index is 11.9. The number of amides is 1. The molecule has 0 aliphatic heterocycles. The van der Waals surface area contributed by atoms with Crippen molar-refractivity contribution < 1.29 is 9.72 Å². The second kappa shape index (κ2) is 5.18. The van der Waals surface area contributed by atoms with Crippen LogP contribution in [0.4, 0.5) is 17.1 Å². The zero-order valence-electron chi connectivity index (χ0n) is 9.87. The van der Waals surface area contributed by atoms with E-state index in [2.05, 4.69) is 5.32 Å². The van der Waals surface area contributed by atoms with Crippen LogP contribution in [0.2, 0.25) is 0 Å². The van der Waals surface area contributed by atoms with E-state index >= 15 is 0 Å². The monoisotopic (exact) mass is 257 g/mol. The number of nitro groups is 1. The van der Waals surface area contributed by atoms with Crippen LogP contribution < -0.4 is 11.1 Å². The first-order valence-corrected chi connectivity index (χ1v) is 5.48. The first kappa shape index (κ1) is 12.6. The number of anilines is 2. The van der Waals surface area contributed by atoms with E-state index < -0.39 is 10.8 Å². The number of benzene rings is 2. The Hall–Kier alpha value is -2.89. The lowest BCUT2D eigenvalue weighted by Crippen LogP contribution is -2.13. The van der Waals surface area contributed by atoms with Crippen molar-refractivity contribution in [2.75, 3.05) is 11.1 Å². The standard InChI is InChI=1S/C13H11N3O3/c14-10-7-5-9(6-8-10)13(17)15-11-3-1-2-4-12(11)16(18)19/h1-8H,14H2,(H,15,17). The molecule has 6 heteroatoms. The van der Waals surface area contributed by atoms with Crippen molar-refractivity contribution in [1.29, 1.82) is 0 Å². The summed E-state index contributed by atoms with van der Waals surface area (Å²) in [6.45, 7) is 0. The molecule has 0 atom stereocenters. The average molecular weight is 257 g/mol. The molecule has 0 aliphatic carbocycles. The van der Waals surface area contributed by atoms with E-state index in [9.17, 15) is 14.9 Å². The Bertz CT molecular complexity index is 623. The van der Waals surface area contributed by atoms with E-state index in [0.29, 0.717) is 11.3 Å². The van der Waals surface area contributed by atoms with Crippen molar-refractivity contribution in [1.82, 2.24) is 0 Å². The third-order valence-electron chi connectivity index (χ3n) is 2.52. The number of nitrogens with one attached hydrogen (secondary N) is 1. The van der Waals surface area contributed by atoms with Gasteiger partial charge >= 0.3 is 0 Å². The van der Waals surface area contributed by atoms with Crippen LogP contribution in [0.25, 0.3) is 0 Å². The molecule has 19 heavy (non-hydrogen) atoms. The highest BCUT2D eigenvalue weighted by molar-refractivity contribution is 6.05. The predicted octanol–water partition coefficient (Wildman–Crippen LogP) is 2.43. The number of nitrogen functional groups attached to an aromatic ring is 1. The zero-order chi connectivity index (χ0) is 13.8. The van der Waals surface area contributed by atoms with Gasteiger partial charge in [0.2, 0.25) is 0 Å². The van der Waals surface area contributed by atoms with Crippen LogP contribution in [-0.2, 0) is 0 Å². The summed E-state index contributed by atoms with van der Waals surface area (Å²) in [5.74, 6) is -0.422. The van der Waals surface area contributed by atoms with Gasteiger partial charge in [0.05, 0.1) is 4.92 Å². The van der Waals surface area contributed by atoms with Gasteiger partial charge in [-0.3, -0.25) is 14.9 Å². The van der Waals surface area contributed by atoms with Gasteiger partial charge in [-0.1, -0.05) is 12.1 Å². The number of para-hydroxylation sites is 2. The minimum absolute atomic E-state index is 0.147. The third kappa shape index (κ3) is 2.86. The fourth-order valence-corrected chi connectivity index (χ4v) is 1.57. The molecule has 3 N–H and O–H groups in total. The summed E-state index contributed by atoms with van der Waals surface area (Å²) in [6, 6.07) is 12.3. The van der Waals surface area contributed by atoms with Crippen molar-refractivity contribution in [2.45, 2.75) is 0 Å². The number of nitrogens with zero attached hydrogens (tertiary/aromatic N) is 1. The molecular formula is C13H11N3O3. The largest absolute Gasteiger partial charge is 0.399 e. The zero-order valence-corrected chi connectivity index (χ0v) is 9.87. The first-order valence-electron chi connectivity index (χ1n) is 5.48. The Kier molecular flexibility index (Phi) is 3.42. The smallest absolute Gasteiger partial charge is 0.292 e. The van der Waals surface area contributed by atoms with Crippen LogP contribution in [0.5, 0.6) is 0 Å². The van der Waals surface area contributed by atoms with Gasteiger partial charge in [-0.15, -0.1) is 0 Å². The molecule has 6 nitrogen and oxygen atoms in total. The van der Waals surface area contributed by atoms with Crippen LogP contribution >= 0.6 is 0 Å². The average Bonchev–Trinajstić information content (AvgIpc) is 2.39. The summed E-state index contributed by atoms with van der Waals surface area (Å²) in [7, 11) is 0. The molecule has 0 heterocycles. The molecule has 2 rings (SSSR count). The molecule has 2 aromatic rings. The van der Waals surface area contributed by atoms with Gasteiger partial charge in [0.1, 0.15) is 5.69 Å². The van der Waals surface area contributed by atoms with Gasteiger partial charge < -0.3 is 11.1 Å². The van der Waals surface area contributed by atoms with Crippen LogP contribution in [0.3, 0.4) is 0 Å². The molecule has 0 fully saturated rings. The normalized spacial score (nSPS) is 9.89. The number of carbonyl (C=O) groups excluding carboxylic acids is 1. The highest BCUT2D eigenvalue weighted by atomic mass is 16.6. The number of carbonyl (C=O) groups is 1. The van der Waals surface area contributed by atoms with Gasteiger partial charge in [0.15, 0.2) is 0 Å². The Morgan fingerprint density at radius 3 is 2.37 bits per heavy atom. The number of nitrogens with two attached hydrogens (primary N) is 1. The van der Waals surface area contributed by atoms with Crippen LogP contribution in [-0.4, -0.2) is 10.8 Å². The number of nitro benzene ring substituents is 1. The van der Waals surface area contributed by atoms with Gasteiger partial charge in [0, 0.05) is 17.3 Å². The van der Waals surface area contributed by atoms with E-state index in [-0.39, 0.29) is 11.4 Å². The summed E-state index contributed by atoms with van der Waals surface area (Å²) < 4.78 is 0. The highest BCUT2D eigenvalue weighted by Gasteiger charge is 2.15. The van der Waals surface area contributed by atoms with Crippen molar-refractivity contribution in [2.24, 2.45) is 0 Å². The lowest BCUT2D eigenvalue weighted by Gasteiger charge is -2.06. The summed E-state index contributed by atoms with van der Waals surface area (Å²) in [4.78, 5) is 22.2. The van der Waals surface area contributed by atoms with Gasteiger partial charge in [0.25, 0.3) is 11.6 Å². The number of hydrogen-bond acceptors (Lipinski definition) is 4. The Labute approximate surface area is 109 Å². The summed E-state index contributed by atoms with van der Waals surface area (Å²) in [6.07, 6.45) is 0. The molecule has 0 unspecified atom stereocenters. The fourth-order valence-electron chi connectivity index (χ4n) is 1.57. The summed E-state index contributed by atoms with van der Waals surface area (Å²) in [5.41, 5.74) is 6.46. The van der Waals surface area contributed by atoms with Gasteiger partial charge in [-0.25, -0.2) is 0 Å². The summed E-state index contributed by atoms with van der Waals surface area (Å²) >= 11 is 0. The second-order valence-corrected chi connectivity index (χ2v) is 3.85. The number of rotatable bonds is 3. The molecule has 0 saturated heterocycles. The maximum atomic E-state index is 11.9. The lowest BCUT2D eigenvalue weighted by molar-refractivity contribution is -0.383. The Morgan fingerprint density at radius 1 is 1.11 bits per heavy atom. The molecule has 2 aromatic carbocycles. The van der Waals surface area contributed by atoms with Crippen LogP contribution in [0.15, 0.2) is 48.5 Å². The maximum Gasteiger partial charge on any atom is 0.292 e. The molecule has 96 valence electrons. The molecule has 0 aromatic heterocycles. The highest BCUT2D eigenvalue weighted by Crippen LogP contribution is 2.23. The molecule has 0 radical (unpaired) electrons. The Morgan fingerprint density at radius 2 is 1.74 bits per heavy atom. The van der Waals surface area contributed by atoms with E-state index in [1.807, 2.05) is 0 Å². The predicted molar refractivity (Wildman–Crippen MR) is 71.9 cm³/mol. The minimum atomic E-state index is -0.543. The van der Waals surface area contributed by atoms with E-state index in [1.165, 1.54) is 18.2 Å². The molecule has 0 bridgehead atoms. The van der Waals surface area contributed by atoms with Crippen molar-refractivity contribution in [3.05, 3.63) is 64.2 Å². The molecular weight excluding hydrogens is 246 g/mol. The fraction of sp³-hybridized carbons (Fsp3) is 0.